The normalized spacial score (nSPS) is 18.8. The summed E-state index contributed by atoms with van der Waals surface area (Å²) in [5.74, 6) is 0.0887. The van der Waals surface area contributed by atoms with E-state index in [4.69, 9.17) is 9.47 Å². The lowest BCUT2D eigenvalue weighted by molar-refractivity contribution is -0.124. The van der Waals surface area contributed by atoms with Crippen LogP contribution in [-0.2, 0) is 4.79 Å². The van der Waals surface area contributed by atoms with Crippen molar-refractivity contribution in [1.82, 2.24) is 4.90 Å². The molecule has 0 saturated carbocycles. The Morgan fingerprint density at radius 3 is 2.70 bits per heavy atom. The minimum absolute atomic E-state index is 0.128. The first-order chi connectivity index (χ1) is 13.0. The lowest BCUT2D eigenvalue weighted by Gasteiger charge is -2.39. The Morgan fingerprint density at radius 2 is 1.89 bits per heavy atom. The Kier molecular flexibility index (Phi) is 4.22. The van der Waals surface area contributed by atoms with Crippen LogP contribution >= 0.6 is 0 Å². The van der Waals surface area contributed by atoms with E-state index < -0.39 is 11.9 Å². The van der Waals surface area contributed by atoms with E-state index in [9.17, 15) is 14.0 Å². The third kappa shape index (κ3) is 2.99. The molecule has 6 nitrogen and oxygen atoms in total. The summed E-state index contributed by atoms with van der Waals surface area (Å²) in [5.41, 5.74) is 1.54. The van der Waals surface area contributed by atoms with Crippen molar-refractivity contribution in [3.05, 3.63) is 53.3 Å². The number of fused-ring (bicyclic) bond motifs is 1. The molecule has 0 bridgehead atoms. The number of carbonyl (C=O) groups is 2. The molecule has 0 aromatic heterocycles. The number of benzene rings is 2. The minimum Gasteiger partial charge on any atom is -0.454 e. The molecule has 0 unspecified atom stereocenters. The summed E-state index contributed by atoms with van der Waals surface area (Å²) >= 11 is 0. The van der Waals surface area contributed by atoms with Crippen molar-refractivity contribution < 1.29 is 23.5 Å². The Labute approximate surface area is 156 Å². The molecule has 1 saturated heterocycles. The molecule has 2 aliphatic rings. The molecule has 2 aromatic carbocycles. The van der Waals surface area contributed by atoms with Crippen LogP contribution in [0.5, 0.6) is 11.5 Å². The molecule has 0 N–H and O–H groups in total. The predicted octanol–water partition coefficient (Wildman–Crippen LogP) is 2.74. The fraction of sp³-hybridized carbons (Fsp3) is 0.300. The van der Waals surface area contributed by atoms with Gasteiger partial charge in [0.25, 0.3) is 5.91 Å². The number of carbonyl (C=O) groups excluding carboxylic acids is 2. The zero-order valence-corrected chi connectivity index (χ0v) is 15.1. The monoisotopic (exact) mass is 370 g/mol. The van der Waals surface area contributed by atoms with Gasteiger partial charge in [-0.05, 0) is 49.7 Å². The van der Waals surface area contributed by atoms with Crippen molar-refractivity contribution in [3.63, 3.8) is 0 Å². The summed E-state index contributed by atoms with van der Waals surface area (Å²) < 4.78 is 24.8. The highest BCUT2D eigenvalue weighted by Gasteiger charge is 2.36. The van der Waals surface area contributed by atoms with Gasteiger partial charge in [-0.3, -0.25) is 9.59 Å². The zero-order valence-electron chi connectivity index (χ0n) is 15.1. The van der Waals surface area contributed by atoms with Gasteiger partial charge < -0.3 is 19.3 Å². The van der Waals surface area contributed by atoms with Gasteiger partial charge in [0, 0.05) is 18.7 Å². The maximum absolute atomic E-state index is 14.2. The lowest BCUT2D eigenvalue weighted by Crippen LogP contribution is -2.58. The van der Waals surface area contributed by atoms with Crippen LogP contribution in [0.25, 0.3) is 0 Å². The predicted molar refractivity (Wildman–Crippen MR) is 96.6 cm³/mol. The number of rotatable bonds is 2. The number of anilines is 1. The third-order valence-corrected chi connectivity index (χ3v) is 4.93. The van der Waals surface area contributed by atoms with Crippen molar-refractivity contribution in [1.29, 1.82) is 0 Å². The highest BCUT2D eigenvalue weighted by molar-refractivity contribution is 6.03. The Balaban J connectivity index is 1.56. The Hall–Kier alpha value is -3.09. The molecule has 2 aliphatic heterocycles. The average Bonchev–Trinajstić information content (AvgIpc) is 3.13. The minimum atomic E-state index is -0.698. The van der Waals surface area contributed by atoms with Crippen LogP contribution in [0.3, 0.4) is 0 Å². The topological polar surface area (TPSA) is 59.1 Å². The first-order valence-corrected chi connectivity index (χ1v) is 8.74. The second-order valence-corrected chi connectivity index (χ2v) is 6.69. The van der Waals surface area contributed by atoms with E-state index in [1.165, 1.54) is 15.9 Å². The number of piperazine rings is 1. The number of aryl methyl sites for hydroxylation is 1. The first-order valence-electron chi connectivity index (χ1n) is 8.74. The molecule has 0 radical (unpaired) electrons. The molecule has 1 fully saturated rings. The molecule has 2 amide bonds. The van der Waals surface area contributed by atoms with Crippen molar-refractivity contribution in [2.24, 2.45) is 0 Å². The lowest BCUT2D eigenvalue weighted by atomic mass is 10.1. The summed E-state index contributed by atoms with van der Waals surface area (Å²) in [5, 5.41) is 0. The summed E-state index contributed by atoms with van der Waals surface area (Å²) in [6.07, 6.45) is 0. The molecule has 140 valence electrons. The van der Waals surface area contributed by atoms with Gasteiger partial charge in [-0.2, -0.15) is 0 Å². The highest BCUT2D eigenvalue weighted by atomic mass is 19.1. The maximum Gasteiger partial charge on any atom is 0.254 e. The van der Waals surface area contributed by atoms with E-state index in [2.05, 4.69) is 0 Å². The van der Waals surface area contributed by atoms with E-state index in [0.717, 1.165) is 5.56 Å². The fourth-order valence-corrected chi connectivity index (χ4v) is 3.41. The van der Waals surface area contributed by atoms with Gasteiger partial charge in [-0.1, -0.05) is 6.07 Å². The van der Waals surface area contributed by atoms with Crippen molar-refractivity contribution in [3.8, 4) is 11.5 Å². The first kappa shape index (κ1) is 17.3. The number of nitrogens with zero attached hydrogens (tertiary/aromatic N) is 2. The van der Waals surface area contributed by atoms with Gasteiger partial charge in [0.15, 0.2) is 11.5 Å². The summed E-state index contributed by atoms with van der Waals surface area (Å²) in [6, 6.07) is 8.92. The molecule has 2 heterocycles. The maximum atomic E-state index is 14.2. The zero-order chi connectivity index (χ0) is 19.1. The van der Waals surface area contributed by atoms with E-state index in [0.29, 0.717) is 23.6 Å². The van der Waals surface area contributed by atoms with E-state index in [-0.39, 0.29) is 30.8 Å². The molecule has 2 aromatic rings. The van der Waals surface area contributed by atoms with Crippen LogP contribution in [0.2, 0.25) is 0 Å². The molecular weight excluding hydrogens is 351 g/mol. The molecule has 1 atom stereocenters. The molecular formula is C20H19FN2O4. The van der Waals surface area contributed by atoms with Crippen LogP contribution in [0.15, 0.2) is 36.4 Å². The van der Waals surface area contributed by atoms with E-state index in [1.807, 2.05) is 6.92 Å². The summed E-state index contributed by atoms with van der Waals surface area (Å²) in [4.78, 5) is 28.7. The van der Waals surface area contributed by atoms with Gasteiger partial charge in [-0.15, -0.1) is 0 Å². The van der Waals surface area contributed by atoms with E-state index >= 15 is 0 Å². The quantitative estimate of drug-likeness (QED) is 0.816. The van der Waals surface area contributed by atoms with Gasteiger partial charge in [-0.25, -0.2) is 4.39 Å². The molecule has 0 aliphatic carbocycles. The van der Waals surface area contributed by atoms with Crippen LogP contribution in [-0.4, -0.2) is 42.6 Å². The second-order valence-electron chi connectivity index (χ2n) is 6.69. The highest BCUT2D eigenvalue weighted by Crippen LogP contribution is 2.33. The van der Waals surface area contributed by atoms with Crippen LogP contribution in [0, 0.1) is 12.7 Å². The number of hydrogen-bond donors (Lipinski definition) is 0. The molecule has 0 spiro atoms. The third-order valence-electron chi connectivity index (χ3n) is 4.93. The number of ether oxygens (including phenoxy) is 2. The largest absolute Gasteiger partial charge is 0.454 e. The summed E-state index contributed by atoms with van der Waals surface area (Å²) in [7, 11) is 0. The van der Waals surface area contributed by atoms with Gasteiger partial charge in [0.05, 0.1) is 5.69 Å². The molecule has 7 heteroatoms. The average molecular weight is 370 g/mol. The Morgan fingerprint density at radius 1 is 1.11 bits per heavy atom. The van der Waals surface area contributed by atoms with Gasteiger partial charge >= 0.3 is 0 Å². The second kappa shape index (κ2) is 6.57. The fourth-order valence-electron chi connectivity index (χ4n) is 3.41. The Bertz CT molecular complexity index is 930. The SMILES string of the molecule is Cc1ccc(F)c(N2CCN(C(=O)c3ccc4c(c3)OCO4)[C@@H](C)C2=O)c1. The molecule has 27 heavy (non-hydrogen) atoms. The van der Waals surface area contributed by atoms with Crippen LogP contribution < -0.4 is 14.4 Å². The number of hydrogen-bond acceptors (Lipinski definition) is 4. The van der Waals surface area contributed by atoms with E-state index in [1.54, 1.807) is 37.3 Å². The van der Waals surface area contributed by atoms with Gasteiger partial charge in [0.1, 0.15) is 11.9 Å². The van der Waals surface area contributed by atoms with Crippen molar-refractivity contribution >= 4 is 17.5 Å². The van der Waals surface area contributed by atoms with Gasteiger partial charge in [0.2, 0.25) is 12.7 Å². The smallest absolute Gasteiger partial charge is 0.254 e. The number of halogens is 1. The molecule has 4 rings (SSSR count). The van der Waals surface area contributed by atoms with Crippen molar-refractivity contribution in [2.75, 3.05) is 24.8 Å². The van der Waals surface area contributed by atoms with Crippen LogP contribution in [0.4, 0.5) is 10.1 Å². The van der Waals surface area contributed by atoms with Crippen molar-refractivity contribution in [2.45, 2.75) is 19.9 Å². The summed E-state index contributed by atoms with van der Waals surface area (Å²) in [6.45, 7) is 4.18. The number of amides is 2. The van der Waals surface area contributed by atoms with Crippen LogP contribution in [0.1, 0.15) is 22.8 Å². The standard InChI is InChI=1S/C20H19FN2O4/c1-12-3-5-15(21)16(9-12)23-8-7-22(13(2)19(23)24)20(25)14-4-6-17-18(10-14)27-11-26-17/h3-6,9-10,13H,7-8,11H2,1-2H3/t13-/m0/s1.